The van der Waals surface area contributed by atoms with E-state index in [0.717, 1.165) is 43.7 Å². The van der Waals surface area contributed by atoms with Crippen molar-refractivity contribution in [3.8, 4) is 0 Å². The molecular weight excluding hydrogens is 266 g/mol. The van der Waals surface area contributed by atoms with E-state index >= 15 is 0 Å². The maximum absolute atomic E-state index is 5.76. The first-order chi connectivity index (χ1) is 9.88. The van der Waals surface area contributed by atoms with E-state index in [1.54, 1.807) is 0 Å². The molecule has 1 aromatic rings. The predicted octanol–water partition coefficient (Wildman–Crippen LogP) is 1.56. The molecule has 1 atom stereocenters. The van der Waals surface area contributed by atoms with Crippen molar-refractivity contribution in [2.24, 2.45) is 0 Å². The van der Waals surface area contributed by atoms with Gasteiger partial charge in [0.15, 0.2) is 0 Å². The zero-order chi connectivity index (χ0) is 15.5. The van der Waals surface area contributed by atoms with Crippen LogP contribution in [-0.4, -0.2) is 61.3 Å². The summed E-state index contributed by atoms with van der Waals surface area (Å²) in [6.45, 7) is 9.85. The minimum Gasteiger partial charge on any atom is -0.374 e. The molecule has 1 fully saturated rings. The topological polar surface area (TPSA) is 62.3 Å². The first-order valence-corrected chi connectivity index (χ1v) is 7.50. The van der Waals surface area contributed by atoms with Gasteiger partial charge in [-0.2, -0.15) is 0 Å². The number of aromatic nitrogens is 2. The summed E-state index contributed by atoms with van der Waals surface area (Å²) in [6.07, 6.45) is 0.204. The molecule has 0 amide bonds. The second-order valence-electron chi connectivity index (χ2n) is 6.60. The van der Waals surface area contributed by atoms with Crippen LogP contribution in [0.1, 0.15) is 26.6 Å². The van der Waals surface area contributed by atoms with Crippen LogP contribution in [0.4, 0.5) is 11.6 Å². The molecule has 1 saturated heterocycles. The van der Waals surface area contributed by atoms with E-state index in [0.29, 0.717) is 0 Å². The molecule has 1 aliphatic rings. The van der Waals surface area contributed by atoms with E-state index in [9.17, 15) is 0 Å². The number of morpholine rings is 1. The summed E-state index contributed by atoms with van der Waals surface area (Å²) >= 11 is 0. The molecule has 2 N–H and O–H groups in total. The summed E-state index contributed by atoms with van der Waals surface area (Å²) in [7, 11) is 3.99. The molecule has 118 valence electrons. The average Bonchev–Trinajstić information content (AvgIpc) is 2.44. The summed E-state index contributed by atoms with van der Waals surface area (Å²) in [4.78, 5) is 11.4. The third-order valence-corrected chi connectivity index (χ3v) is 3.51. The molecule has 1 aromatic heterocycles. The van der Waals surface area contributed by atoms with Crippen LogP contribution in [0, 0.1) is 0 Å². The number of rotatable bonds is 4. The SMILES string of the molecule is CNc1cc(NCC2CN(C)CCO2)nc(C(C)(C)C)n1. The van der Waals surface area contributed by atoms with Gasteiger partial charge in [0, 0.05) is 38.2 Å². The molecule has 0 spiro atoms. The number of ether oxygens (including phenoxy) is 1. The largest absolute Gasteiger partial charge is 0.374 e. The Bertz CT molecular complexity index is 472. The molecule has 1 aliphatic heterocycles. The summed E-state index contributed by atoms with van der Waals surface area (Å²) in [5.74, 6) is 2.51. The smallest absolute Gasteiger partial charge is 0.138 e. The molecule has 0 bridgehead atoms. The Morgan fingerprint density at radius 2 is 2.05 bits per heavy atom. The van der Waals surface area contributed by atoms with Crippen molar-refractivity contribution >= 4 is 11.6 Å². The number of anilines is 2. The first kappa shape index (κ1) is 16.0. The van der Waals surface area contributed by atoms with Gasteiger partial charge in [0.25, 0.3) is 0 Å². The first-order valence-electron chi connectivity index (χ1n) is 7.50. The Morgan fingerprint density at radius 1 is 1.33 bits per heavy atom. The van der Waals surface area contributed by atoms with Crippen molar-refractivity contribution in [1.82, 2.24) is 14.9 Å². The fraction of sp³-hybridized carbons (Fsp3) is 0.733. The lowest BCUT2D eigenvalue weighted by atomic mass is 9.96. The maximum atomic E-state index is 5.76. The van der Waals surface area contributed by atoms with Crippen molar-refractivity contribution in [2.45, 2.75) is 32.3 Å². The molecule has 1 unspecified atom stereocenters. The number of hydrogen-bond donors (Lipinski definition) is 2. The Labute approximate surface area is 127 Å². The highest BCUT2D eigenvalue weighted by atomic mass is 16.5. The molecule has 6 heteroatoms. The van der Waals surface area contributed by atoms with Gasteiger partial charge in [0.1, 0.15) is 17.5 Å². The zero-order valence-corrected chi connectivity index (χ0v) is 13.7. The third kappa shape index (κ3) is 4.54. The van der Waals surface area contributed by atoms with Crippen molar-refractivity contribution in [2.75, 3.05) is 51.0 Å². The van der Waals surface area contributed by atoms with Gasteiger partial charge in [-0.15, -0.1) is 0 Å². The van der Waals surface area contributed by atoms with Gasteiger partial charge in [-0.3, -0.25) is 0 Å². The van der Waals surface area contributed by atoms with Gasteiger partial charge >= 0.3 is 0 Å². The van der Waals surface area contributed by atoms with Gasteiger partial charge in [-0.05, 0) is 7.05 Å². The lowest BCUT2D eigenvalue weighted by molar-refractivity contribution is -0.0117. The molecule has 21 heavy (non-hydrogen) atoms. The monoisotopic (exact) mass is 293 g/mol. The summed E-state index contributed by atoms with van der Waals surface area (Å²) in [6, 6.07) is 1.93. The van der Waals surface area contributed by atoms with Crippen molar-refractivity contribution in [3.05, 3.63) is 11.9 Å². The second kappa shape index (κ2) is 6.58. The van der Waals surface area contributed by atoms with Crippen LogP contribution in [0.3, 0.4) is 0 Å². The maximum Gasteiger partial charge on any atom is 0.138 e. The van der Waals surface area contributed by atoms with E-state index < -0.39 is 0 Å². The zero-order valence-electron chi connectivity index (χ0n) is 13.7. The molecular formula is C15H27N5O. The Kier molecular flexibility index (Phi) is 5.00. The van der Waals surface area contributed by atoms with E-state index in [1.165, 1.54) is 0 Å². The number of nitrogens with zero attached hydrogens (tertiary/aromatic N) is 3. The minimum absolute atomic E-state index is 0.0785. The summed E-state index contributed by atoms with van der Waals surface area (Å²) in [5, 5.41) is 6.47. The van der Waals surface area contributed by atoms with Crippen LogP contribution in [0.5, 0.6) is 0 Å². The normalized spacial score (nSPS) is 20.3. The van der Waals surface area contributed by atoms with Crippen LogP contribution < -0.4 is 10.6 Å². The quantitative estimate of drug-likeness (QED) is 0.878. The van der Waals surface area contributed by atoms with E-state index in [1.807, 2.05) is 13.1 Å². The van der Waals surface area contributed by atoms with Crippen LogP contribution >= 0.6 is 0 Å². The lowest BCUT2D eigenvalue weighted by Gasteiger charge is -2.30. The third-order valence-electron chi connectivity index (χ3n) is 3.51. The molecule has 2 heterocycles. The summed E-state index contributed by atoms with van der Waals surface area (Å²) in [5.41, 5.74) is -0.0785. The van der Waals surface area contributed by atoms with Crippen molar-refractivity contribution in [3.63, 3.8) is 0 Å². The highest BCUT2D eigenvalue weighted by molar-refractivity contribution is 5.47. The van der Waals surface area contributed by atoms with Crippen molar-refractivity contribution < 1.29 is 4.74 Å². The van der Waals surface area contributed by atoms with E-state index in [2.05, 4.69) is 53.3 Å². The molecule has 0 aliphatic carbocycles. The van der Waals surface area contributed by atoms with Gasteiger partial charge in [-0.25, -0.2) is 9.97 Å². The second-order valence-corrected chi connectivity index (χ2v) is 6.60. The van der Waals surface area contributed by atoms with Crippen LogP contribution in [0.15, 0.2) is 6.07 Å². The Hall–Kier alpha value is -1.40. The number of nitrogens with one attached hydrogen (secondary N) is 2. The fourth-order valence-corrected chi connectivity index (χ4v) is 2.21. The number of likely N-dealkylation sites (N-methyl/N-ethyl adjacent to an activating group) is 1. The van der Waals surface area contributed by atoms with Gasteiger partial charge in [0.05, 0.1) is 12.7 Å². The van der Waals surface area contributed by atoms with Gasteiger partial charge in [0.2, 0.25) is 0 Å². The molecule has 2 rings (SSSR count). The highest BCUT2D eigenvalue weighted by Gasteiger charge is 2.20. The lowest BCUT2D eigenvalue weighted by Crippen LogP contribution is -2.43. The number of hydrogen-bond acceptors (Lipinski definition) is 6. The molecule has 0 radical (unpaired) electrons. The van der Waals surface area contributed by atoms with Crippen LogP contribution in [0.25, 0.3) is 0 Å². The molecule has 6 nitrogen and oxygen atoms in total. The standard InChI is InChI=1S/C15H27N5O/c1-15(2,3)14-18-12(16-4)8-13(19-14)17-9-11-10-20(5)6-7-21-11/h8,11H,6-7,9-10H2,1-5H3,(H2,16,17,18,19). The average molecular weight is 293 g/mol. The Balaban J connectivity index is 2.05. The fourth-order valence-electron chi connectivity index (χ4n) is 2.21. The predicted molar refractivity (Wildman–Crippen MR) is 86.0 cm³/mol. The summed E-state index contributed by atoms with van der Waals surface area (Å²) < 4.78 is 5.76. The van der Waals surface area contributed by atoms with Gasteiger partial charge < -0.3 is 20.3 Å². The van der Waals surface area contributed by atoms with Gasteiger partial charge in [-0.1, -0.05) is 20.8 Å². The van der Waals surface area contributed by atoms with Crippen LogP contribution in [-0.2, 0) is 10.2 Å². The highest BCUT2D eigenvalue weighted by Crippen LogP contribution is 2.22. The minimum atomic E-state index is -0.0785. The van der Waals surface area contributed by atoms with Crippen molar-refractivity contribution in [1.29, 1.82) is 0 Å². The molecule has 0 aromatic carbocycles. The molecule has 0 saturated carbocycles. The van der Waals surface area contributed by atoms with E-state index in [-0.39, 0.29) is 11.5 Å². The van der Waals surface area contributed by atoms with Crippen LogP contribution in [0.2, 0.25) is 0 Å². The van der Waals surface area contributed by atoms with E-state index in [4.69, 9.17) is 4.74 Å². The Morgan fingerprint density at radius 3 is 2.67 bits per heavy atom.